The fourth-order valence-electron chi connectivity index (χ4n) is 1.21. The Morgan fingerprint density at radius 1 is 1.43 bits per heavy atom. The summed E-state index contributed by atoms with van der Waals surface area (Å²) in [5.74, 6) is 0.148. The normalized spacial score (nSPS) is 10.8. The minimum atomic E-state index is 0.0249. The highest BCUT2D eigenvalue weighted by molar-refractivity contribution is 5.76. The molecule has 0 radical (unpaired) electrons. The van der Waals surface area contributed by atoms with Crippen LogP contribution in [-0.4, -0.2) is 23.9 Å². The maximum absolute atomic E-state index is 11.7. The maximum Gasteiger partial charge on any atom is 0.223 e. The first-order valence-electron chi connectivity index (χ1n) is 5.05. The molecule has 0 aliphatic carbocycles. The fourth-order valence-corrected chi connectivity index (χ4v) is 1.21. The summed E-state index contributed by atoms with van der Waals surface area (Å²) in [5.41, 5.74) is 0.0249. The van der Waals surface area contributed by atoms with Gasteiger partial charge in [0.15, 0.2) is 0 Å². The zero-order valence-corrected chi connectivity index (χ0v) is 9.63. The minimum Gasteiger partial charge on any atom is -0.342 e. The molecule has 0 N–H and O–H groups in total. The van der Waals surface area contributed by atoms with E-state index in [1.165, 1.54) is 0 Å². The molecular weight excluding hydrogens is 176 g/mol. The molecule has 0 saturated carbocycles. The van der Waals surface area contributed by atoms with Crippen molar-refractivity contribution >= 4 is 5.91 Å². The van der Waals surface area contributed by atoms with Gasteiger partial charge in [-0.2, -0.15) is 5.26 Å². The van der Waals surface area contributed by atoms with Crippen molar-refractivity contribution < 1.29 is 4.79 Å². The molecule has 0 aliphatic rings. The van der Waals surface area contributed by atoms with Gasteiger partial charge in [-0.15, -0.1) is 0 Å². The van der Waals surface area contributed by atoms with Crippen LogP contribution in [0, 0.1) is 16.7 Å². The highest BCUT2D eigenvalue weighted by Crippen LogP contribution is 2.19. The van der Waals surface area contributed by atoms with Crippen LogP contribution in [0.3, 0.4) is 0 Å². The molecule has 0 heterocycles. The summed E-state index contributed by atoms with van der Waals surface area (Å²) < 4.78 is 0. The van der Waals surface area contributed by atoms with E-state index in [2.05, 4.69) is 6.07 Å². The van der Waals surface area contributed by atoms with Gasteiger partial charge in [-0.25, -0.2) is 0 Å². The van der Waals surface area contributed by atoms with E-state index in [1.54, 1.807) is 4.90 Å². The van der Waals surface area contributed by atoms with Crippen molar-refractivity contribution in [2.24, 2.45) is 5.41 Å². The summed E-state index contributed by atoms with van der Waals surface area (Å²) in [6.45, 7) is 9.32. The van der Waals surface area contributed by atoms with Crippen molar-refractivity contribution in [1.29, 1.82) is 5.26 Å². The quantitative estimate of drug-likeness (QED) is 0.691. The Kier molecular flexibility index (Phi) is 5.22. The zero-order valence-electron chi connectivity index (χ0n) is 9.63. The van der Waals surface area contributed by atoms with Crippen LogP contribution in [0.15, 0.2) is 0 Å². The number of carbonyl (C=O) groups is 1. The van der Waals surface area contributed by atoms with E-state index < -0.39 is 0 Å². The number of nitriles is 1. The molecule has 0 unspecified atom stereocenters. The van der Waals surface area contributed by atoms with Crippen LogP contribution in [-0.2, 0) is 4.79 Å². The molecule has 0 spiro atoms. The van der Waals surface area contributed by atoms with Gasteiger partial charge >= 0.3 is 0 Å². The van der Waals surface area contributed by atoms with Gasteiger partial charge < -0.3 is 4.90 Å². The first-order valence-corrected chi connectivity index (χ1v) is 5.05. The summed E-state index contributed by atoms with van der Waals surface area (Å²) in [7, 11) is 0. The fraction of sp³-hybridized carbons (Fsp3) is 0.818. The van der Waals surface area contributed by atoms with Crippen LogP contribution in [0.4, 0.5) is 0 Å². The van der Waals surface area contributed by atoms with Crippen LogP contribution in [0.25, 0.3) is 0 Å². The number of carbonyl (C=O) groups excluding carboxylic acids is 1. The summed E-state index contributed by atoms with van der Waals surface area (Å²) in [4.78, 5) is 13.5. The van der Waals surface area contributed by atoms with Crippen LogP contribution in [0.1, 0.15) is 40.5 Å². The van der Waals surface area contributed by atoms with Crippen molar-refractivity contribution in [3.05, 3.63) is 0 Å². The Labute approximate surface area is 86.7 Å². The summed E-state index contributed by atoms with van der Waals surface area (Å²) in [6, 6.07) is 2.06. The summed E-state index contributed by atoms with van der Waals surface area (Å²) >= 11 is 0. The predicted octanol–water partition coefficient (Wildman–Crippen LogP) is 2.18. The van der Waals surface area contributed by atoms with E-state index in [0.717, 1.165) is 0 Å². The smallest absolute Gasteiger partial charge is 0.223 e. The van der Waals surface area contributed by atoms with Gasteiger partial charge in [-0.1, -0.05) is 20.8 Å². The van der Waals surface area contributed by atoms with E-state index in [1.807, 2.05) is 27.7 Å². The number of hydrogen-bond acceptors (Lipinski definition) is 2. The molecule has 0 aliphatic heterocycles. The van der Waals surface area contributed by atoms with Gasteiger partial charge in [-0.3, -0.25) is 4.79 Å². The lowest BCUT2D eigenvalue weighted by molar-refractivity contribution is -0.132. The van der Waals surface area contributed by atoms with Crippen LogP contribution in [0.2, 0.25) is 0 Å². The van der Waals surface area contributed by atoms with Crippen LogP contribution < -0.4 is 0 Å². The number of amides is 1. The predicted molar refractivity (Wildman–Crippen MR) is 56.6 cm³/mol. The summed E-state index contributed by atoms with van der Waals surface area (Å²) in [5, 5.41) is 8.44. The zero-order chi connectivity index (χ0) is 11.2. The van der Waals surface area contributed by atoms with E-state index in [0.29, 0.717) is 25.9 Å². The second-order valence-electron chi connectivity index (χ2n) is 4.62. The Bertz CT molecular complexity index is 222. The van der Waals surface area contributed by atoms with Crippen molar-refractivity contribution in [1.82, 2.24) is 4.90 Å². The molecule has 0 aromatic rings. The summed E-state index contributed by atoms with van der Waals surface area (Å²) in [6.07, 6.45) is 0.968. The van der Waals surface area contributed by atoms with E-state index >= 15 is 0 Å². The largest absolute Gasteiger partial charge is 0.342 e. The van der Waals surface area contributed by atoms with Gasteiger partial charge in [0.05, 0.1) is 12.5 Å². The third kappa shape index (κ3) is 5.58. The Balaban J connectivity index is 4.12. The van der Waals surface area contributed by atoms with E-state index in [4.69, 9.17) is 5.26 Å². The average molecular weight is 196 g/mol. The van der Waals surface area contributed by atoms with Crippen molar-refractivity contribution in [3.8, 4) is 6.07 Å². The molecule has 0 aromatic heterocycles. The van der Waals surface area contributed by atoms with Gasteiger partial charge in [0.1, 0.15) is 0 Å². The highest BCUT2D eigenvalue weighted by atomic mass is 16.2. The SMILES string of the molecule is CCN(CCC#N)C(=O)CC(C)(C)C. The van der Waals surface area contributed by atoms with Gasteiger partial charge in [0.25, 0.3) is 0 Å². The van der Waals surface area contributed by atoms with Crippen molar-refractivity contribution in [2.45, 2.75) is 40.5 Å². The number of rotatable bonds is 4. The molecule has 3 nitrogen and oxygen atoms in total. The highest BCUT2D eigenvalue weighted by Gasteiger charge is 2.19. The Morgan fingerprint density at radius 2 is 2.00 bits per heavy atom. The molecule has 14 heavy (non-hydrogen) atoms. The molecule has 0 fully saturated rings. The van der Waals surface area contributed by atoms with Gasteiger partial charge in [0, 0.05) is 19.5 Å². The molecule has 1 amide bonds. The third-order valence-electron chi connectivity index (χ3n) is 1.91. The third-order valence-corrected chi connectivity index (χ3v) is 1.91. The molecule has 80 valence electrons. The first kappa shape index (κ1) is 13.0. The van der Waals surface area contributed by atoms with Crippen molar-refractivity contribution in [3.63, 3.8) is 0 Å². The number of nitrogens with zero attached hydrogens (tertiary/aromatic N) is 2. The lowest BCUT2D eigenvalue weighted by Crippen LogP contribution is -2.34. The second kappa shape index (κ2) is 5.64. The monoisotopic (exact) mass is 196 g/mol. The number of hydrogen-bond donors (Lipinski definition) is 0. The van der Waals surface area contributed by atoms with Crippen LogP contribution in [0.5, 0.6) is 0 Å². The molecule has 0 bridgehead atoms. The van der Waals surface area contributed by atoms with Crippen molar-refractivity contribution in [2.75, 3.05) is 13.1 Å². The molecule has 0 atom stereocenters. The lowest BCUT2D eigenvalue weighted by atomic mass is 9.91. The van der Waals surface area contributed by atoms with Gasteiger partial charge in [-0.05, 0) is 12.3 Å². The second-order valence-corrected chi connectivity index (χ2v) is 4.62. The molecule has 0 aromatic carbocycles. The lowest BCUT2D eigenvalue weighted by Gasteiger charge is -2.24. The first-order chi connectivity index (χ1) is 6.40. The van der Waals surface area contributed by atoms with Gasteiger partial charge in [0.2, 0.25) is 5.91 Å². The molecule has 3 heteroatoms. The maximum atomic E-state index is 11.7. The van der Waals surface area contributed by atoms with Crippen LogP contribution >= 0.6 is 0 Å². The topological polar surface area (TPSA) is 44.1 Å². The Morgan fingerprint density at radius 3 is 2.36 bits per heavy atom. The van der Waals surface area contributed by atoms with E-state index in [9.17, 15) is 4.79 Å². The Hall–Kier alpha value is -1.04. The average Bonchev–Trinajstić information content (AvgIpc) is 2.02. The standard InChI is InChI=1S/C11H20N2O/c1-5-13(8-6-7-12)10(14)9-11(2,3)4/h5-6,8-9H2,1-4H3. The van der Waals surface area contributed by atoms with E-state index in [-0.39, 0.29) is 11.3 Å². The molecule has 0 saturated heterocycles. The molecular formula is C11H20N2O. The minimum absolute atomic E-state index is 0.0249. The molecule has 0 rings (SSSR count).